The van der Waals surface area contributed by atoms with Gasteiger partial charge in [0.25, 0.3) is 0 Å². The Kier molecular flexibility index (Phi) is 4.60. The topological polar surface area (TPSA) is 32.3 Å². The van der Waals surface area contributed by atoms with Crippen molar-refractivity contribution in [2.24, 2.45) is 0 Å². The Morgan fingerprint density at radius 1 is 1.29 bits per heavy atom. The number of rotatable bonds is 3. The highest BCUT2D eigenvalue weighted by molar-refractivity contribution is 5.81. The Labute approximate surface area is 104 Å². The van der Waals surface area contributed by atoms with Gasteiger partial charge in [0.1, 0.15) is 0 Å². The Morgan fingerprint density at radius 3 is 2.71 bits per heavy atom. The molecular weight excluding hydrogens is 212 g/mol. The summed E-state index contributed by atoms with van der Waals surface area (Å²) in [5.41, 5.74) is 0. The van der Waals surface area contributed by atoms with Gasteiger partial charge in [0, 0.05) is 19.1 Å². The third-order valence-electron chi connectivity index (χ3n) is 3.79. The van der Waals surface area contributed by atoms with Crippen LogP contribution in [0.25, 0.3) is 0 Å². The number of carbonyl (C=O) groups is 1. The number of nitrogens with zero attached hydrogens (tertiary/aromatic N) is 1. The maximum Gasteiger partial charge on any atom is 0.239 e. The van der Waals surface area contributed by atoms with Gasteiger partial charge in [-0.1, -0.05) is 12.2 Å². The molecule has 1 fully saturated rings. The van der Waals surface area contributed by atoms with Crippen LogP contribution in [0.15, 0.2) is 12.2 Å². The standard InChI is InChI=1S/C14H24N2O/c1-12(15-13-8-4-2-5-9-13)14(17)16-10-6-3-7-11-16/h2,4,12-13,15H,3,5-11H2,1H3. The van der Waals surface area contributed by atoms with Crippen molar-refractivity contribution in [2.75, 3.05) is 13.1 Å². The van der Waals surface area contributed by atoms with Gasteiger partial charge in [-0.2, -0.15) is 0 Å². The predicted octanol–water partition coefficient (Wildman–Crippen LogP) is 2.09. The van der Waals surface area contributed by atoms with E-state index in [1.54, 1.807) is 0 Å². The van der Waals surface area contributed by atoms with E-state index in [0.717, 1.165) is 32.4 Å². The van der Waals surface area contributed by atoms with Gasteiger partial charge in [-0.25, -0.2) is 0 Å². The fourth-order valence-corrected chi connectivity index (χ4v) is 2.76. The summed E-state index contributed by atoms with van der Waals surface area (Å²) in [5.74, 6) is 0.291. The smallest absolute Gasteiger partial charge is 0.239 e. The van der Waals surface area contributed by atoms with Crippen LogP contribution in [-0.2, 0) is 4.79 Å². The van der Waals surface area contributed by atoms with Crippen LogP contribution in [0.4, 0.5) is 0 Å². The molecule has 2 unspecified atom stereocenters. The minimum Gasteiger partial charge on any atom is -0.341 e. The van der Waals surface area contributed by atoms with Crippen LogP contribution in [-0.4, -0.2) is 36.0 Å². The first-order chi connectivity index (χ1) is 8.27. The summed E-state index contributed by atoms with van der Waals surface area (Å²) in [6.07, 6.45) is 11.4. The minimum atomic E-state index is -0.0235. The number of piperidine rings is 1. The van der Waals surface area contributed by atoms with E-state index in [9.17, 15) is 4.79 Å². The first kappa shape index (κ1) is 12.6. The van der Waals surface area contributed by atoms with Crippen LogP contribution in [0.3, 0.4) is 0 Å². The van der Waals surface area contributed by atoms with E-state index < -0.39 is 0 Å². The number of likely N-dealkylation sites (tertiary alicyclic amines) is 1. The summed E-state index contributed by atoms with van der Waals surface area (Å²) in [6.45, 7) is 3.92. The lowest BCUT2D eigenvalue weighted by molar-refractivity contribution is -0.134. The molecule has 1 aliphatic heterocycles. The largest absolute Gasteiger partial charge is 0.341 e. The molecule has 2 atom stereocenters. The van der Waals surface area contributed by atoms with Crippen molar-refractivity contribution in [3.8, 4) is 0 Å². The summed E-state index contributed by atoms with van der Waals surface area (Å²) < 4.78 is 0. The van der Waals surface area contributed by atoms with Crippen molar-refractivity contribution in [3.63, 3.8) is 0 Å². The van der Waals surface area contributed by atoms with Gasteiger partial charge >= 0.3 is 0 Å². The van der Waals surface area contributed by atoms with Crippen LogP contribution < -0.4 is 5.32 Å². The van der Waals surface area contributed by atoms with Gasteiger partial charge in [-0.05, 0) is 45.4 Å². The number of hydrogen-bond donors (Lipinski definition) is 1. The fraction of sp³-hybridized carbons (Fsp3) is 0.786. The quantitative estimate of drug-likeness (QED) is 0.761. The third-order valence-corrected chi connectivity index (χ3v) is 3.79. The van der Waals surface area contributed by atoms with Crippen LogP contribution in [0.1, 0.15) is 45.4 Å². The molecule has 0 bridgehead atoms. The fourth-order valence-electron chi connectivity index (χ4n) is 2.76. The second kappa shape index (κ2) is 6.20. The summed E-state index contributed by atoms with van der Waals surface area (Å²) >= 11 is 0. The molecule has 3 nitrogen and oxygen atoms in total. The zero-order valence-corrected chi connectivity index (χ0v) is 10.8. The second-order valence-electron chi connectivity index (χ2n) is 5.26. The molecule has 1 amide bonds. The average Bonchev–Trinajstić information content (AvgIpc) is 2.40. The molecule has 0 aromatic rings. The first-order valence-corrected chi connectivity index (χ1v) is 6.97. The SMILES string of the molecule is CC(NC1CC=CCC1)C(=O)N1CCCCC1. The summed E-state index contributed by atoms with van der Waals surface area (Å²) in [7, 11) is 0. The summed E-state index contributed by atoms with van der Waals surface area (Å²) in [4.78, 5) is 14.2. The van der Waals surface area contributed by atoms with E-state index >= 15 is 0 Å². The van der Waals surface area contributed by atoms with Crippen molar-refractivity contribution < 1.29 is 4.79 Å². The molecule has 1 aliphatic carbocycles. The van der Waals surface area contributed by atoms with Crippen LogP contribution >= 0.6 is 0 Å². The van der Waals surface area contributed by atoms with Gasteiger partial charge in [-0.3, -0.25) is 4.79 Å². The van der Waals surface area contributed by atoms with Gasteiger partial charge in [-0.15, -0.1) is 0 Å². The van der Waals surface area contributed by atoms with Crippen LogP contribution in [0.5, 0.6) is 0 Å². The molecule has 0 aromatic heterocycles. The maximum absolute atomic E-state index is 12.2. The lowest BCUT2D eigenvalue weighted by Crippen LogP contribution is -2.49. The van der Waals surface area contributed by atoms with Crippen LogP contribution in [0.2, 0.25) is 0 Å². The Morgan fingerprint density at radius 2 is 2.06 bits per heavy atom. The molecule has 1 N–H and O–H groups in total. The number of amides is 1. The van der Waals surface area contributed by atoms with Crippen molar-refractivity contribution in [1.29, 1.82) is 0 Å². The third kappa shape index (κ3) is 3.56. The predicted molar refractivity (Wildman–Crippen MR) is 69.8 cm³/mol. The van der Waals surface area contributed by atoms with E-state index in [1.807, 2.05) is 11.8 Å². The Hall–Kier alpha value is -0.830. The number of allylic oxidation sites excluding steroid dienone is 1. The zero-order chi connectivity index (χ0) is 12.1. The molecule has 0 spiro atoms. The van der Waals surface area contributed by atoms with Crippen molar-refractivity contribution in [2.45, 2.75) is 57.5 Å². The molecule has 3 heteroatoms. The Balaban J connectivity index is 1.79. The molecule has 96 valence electrons. The van der Waals surface area contributed by atoms with Gasteiger partial charge in [0.2, 0.25) is 5.91 Å². The highest BCUT2D eigenvalue weighted by Gasteiger charge is 2.23. The van der Waals surface area contributed by atoms with Gasteiger partial charge in [0.05, 0.1) is 6.04 Å². The van der Waals surface area contributed by atoms with E-state index in [-0.39, 0.29) is 6.04 Å². The molecule has 17 heavy (non-hydrogen) atoms. The monoisotopic (exact) mass is 236 g/mol. The van der Waals surface area contributed by atoms with E-state index in [4.69, 9.17) is 0 Å². The summed E-state index contributed by atoms with van der Waals surface area (Å²) in [5, 5.41) is 3.47. The van der Waals surface area contributed by atoms with E-state index in [2.05, 4.69) is 17.5 Å². The lowest BCUT2D eigenvalue weighted by Gasteiger charge is -2.31. The zero-order valence-electron chi connectivity index (χ0n) is 10.8. The van der Waals surface area contributed by atoms with E-state index in [1.165, 1.54) is 19.3 Å². The molecule has 2 rings (SSSR count). The highest BCUT2D eigenvalue weighted by atomic mass is 16.2. The maximum atomic E-state index is 12.2. The van der Waals surface area contributed by atoms with Crippen molar-refractivity contribution in [1.82, 2.24) is 10.2 Å². The van der Waals surface area contributed by atoms with Crippen molar-refractivity contribution >= 4 is 5.91 Å². The molecule has 2 aliphatic rings. The molecule has 0 saturated carbocycles. The van der Waals surface area contributed by atoms with Crippen molar-refractivity contribution in [3.05, 3.63) is 12.2 Å². The number of carbonyl (C=O) groups excluding carboxylic acids is 1. The minimum absolute atomic E-state index is 0.0235. The van der Waals surface area contributed by atoms with Crippen LogP contribution in [0, 0.1) is 0 Å². The summed E-state index contributed by atoms with van der Waals surface area (Å²) in [6, 6.07) is 0.466. The molecular formula is C14H24N2O. The molecule has 0 aromatic carbocycles. The molecule has 1 heterocycles. The average molecular weight is 236 g/mol. The highest BCUT2D eigenvalue weighted by Crippen LogP contribution is 2.13. The van der Waals surface area contributed by atoms with E-state index in [0.29, 0.717) is 11.9 Å². The first-order valence-electron chi connectivity index (χ1n) is 6.97. The second-order valence-corrected chi connectivity index (χ2v) is 5.26. The molecule has 0 radical (unpaired) electrons. The van der Waals surface area contributed by atoms with Gasteiger partial charge < -0.3 is 10.2 Å². The Bertz CT molecular complexity index is 282. The van der Waals surface area contributed by atoms with Gasteiger partial charge in [0.15, 0.2) is 0 Å². The molecule has 1 saturated heterocycles. The number of nitrogens with one attached hydrogen (secondary N) is 1. The number of hydrogen-bond acceptors (Lipinski definition) is 2. The lowest BCUT2D eigenvalue weighted by atomic mass is 10.0. The normalized spacial score (nSPS) is 26.9.